The van der Waals surface area contributed by atoms with Crippen molar-refractivity contribution in [2.75, 3.05) is 18.1 Å². The lowest BCUT2D eigenvalue weighted by Crippen LogP contribution is -2.40. The minimum Gasteiger partial charge on any atom is -0.368 e. The van der Waals surface area contributed by atoms with Gasteiger partial charge in [-0.05, 0) is 42.0 Å². The molecule has 1 aliphatic carbocycles. The summed E-state index contributed by atoms with van der Waals surface area (Å²) < 4.78 is 0.980. The Hall–Kier alpha value is -0.820. The Balaban J connectivity index is 2.13. The third-order valence-electron chi connectivity index (χ3n) is 3.71. The molecular weight excluding hydrogens is 330 g/mol. The number of thioether (sulfide) groups is 1. The highest BCUT2D eigenvalue weighted by Crippen LogP contribution is 2.43. The molecule has 0 saturated heterocycles. The summed E-state index contributed by atoms with van der Waals surface area (Å²) in [6, 6.07) is 0. The molecule has 0 radical (unpaired) electrons. The SMILES string of the molecule is CSC1(CNc2ncc([N+](=O)[O-])c(C)c2Br)CCC1. The van der Waals surface area contributed by atoms with Gasteiger partial charge >= 0.3 is 0 Å². The molecule has 0 amide bonds. The van der Waals surface area contributed by atoms with E-state index in [1.807, 2.05) is 11.8 Å². The molecule has 0 aromatic carbocycles. The van der Waals surface area contributed by atoms with Gasteiger partial charge in [-0.3, -0.25) is 10.1 Å². The van der Waals surface area contributed by atoms with Crippen molar-refractivity contribution in [3.8, 4) is 0 Å². The van der Waals surface area contributed by atoms with E-state index >= 15 is 0 Å². The van der Waals surface area contributed by atoms with Gasteiger partial charge in [-0.25, -0.2) is 4.98 Å². The van der Waals surface area contributed by atoms with Crippen molar-refractivity contribution in [2.45, 2.75) is 30.9 Å². The van der Waals surface area contributed by atoms with Crippen LogP contribution in [0.2, 0.25) is 0 Å². The molecule has 7 heteroatoms. The average Bonchev–Trinajstić information content (AvgIpc) is 2.33. The van der Waals surface area contributed by atoms with Gasteiger partial charge in [0, 0.05) is 16.9 Å². The molecule has 1 aromatic rings. The minimum atomic E-state index is -0.411. The second-order valence-corrected chi connectivity index (χ2v) is 6.85. The standard InChI is InChI=1S/C12H16BrN3O2S/c1-8-9(16(17)18)6-14-11(10(8)13)15-7-12(19-2)4-3-5-12/h6H,3-5,7H2,1-2H3,(H,14,15). The van der Waals surface area contributed by atoms with Gasteiger partial charge in [0.05, 0.1) is 9.40 Å². The summed E-state index contributed by atoms with van der Waals surface area (Å²) in [6.45, 7) is 2.57. The first-order valence-electron chi connectivity index (χ1n) is 6.07. The van der Waals surface area contributed by atoms with Crippen LogP contribution < -0.4 is 5.32 Å². The van der Waals surface area contributed by atoms with Crippen LogP contribution in [0.15, 0.2) is 10.7 Å². The number of rotatable bonds is 5. The normalized spacial score (nSPS) is 16.8. The fourth-order valence-corrected chi connectivity index (χ4v) is 3.50. The average molecular weight is 346 g/mol. The van der Waals surface area contributed by atoms with Crippen molar-refractivity contribution in [3.63, 3.8) is 0 Å². The zero-order chi connectivity index (χ0) is 14.0. The Kier molecular flexibility index (Phi) is 4.35. The maximum absolute atomic E-state index is 10.8. The molecule has 0 bridgehead atoms. The van der Waals surface area contributed by atoms with Crippen molar-refractivity contribution >= 4 is 39.2 Å². The number of nitrogens with one attached hydrogen (secondary N) is 1. The summed E-state index contributed by atoms with van der Waals surface area (Å²) in [7, 11) is 0. The second kappa shape index (κ2) is 5.66. The van der Waals surface area contributed by atoms with Gasteiger partial charge in [-0.2, -0.15) is 11.8 Å². The van der Waals surface area contributed by atoms with Crippen LogP contribution in [-0.2, 0) is 0 Å². The Bertz CT molecular complexity index is 500. The van der Waals surface area contributed by atoms with Gasteiger partial charge in [0.2, 0.25) is 0 Å². The van der Waals surface area contributed by atoms with Crippen molar-refractivity contribution in [1.29, 1.82) is 0 Å². The highest BCUT2D eigenvalue weighted by Gasteiger charge is 2.36. The van der Waals surface area contributed by atoms with Crippen LogP contribution in [0.25, 0.3) is 0 Å². The van der Waals surface area contributed by atoms with Crippen molar-refractivity contribution < 1.29 is 4.92 Å². The van der Waals surface area contributed by atoms with Crippen LogP contribution in [0, 0.1) is 17.0 Å². The quantitative estimate of drug-likeness (QED) is 0.649. The van der Waals surface area contributed by atoms with Crippen LogP contribution in [0.3, 0.4) is 0 Å². The zero-order valence-electron chi connectivity index (χ0n) is 10.9. The number of anilines is 1. The van der Waals surface area contributed by atoms with E-state index in [1.54, 1.807) is 6.92 Å². The van der Waals surface area contributed by atoms with Gasteiger partial charge < -0.3 is 5.32 Å². The van der Waals surface area contributed by atoms with Crippen molar-refractivity contribution in [1.82, 2.24) is 4.98 Å². The number of nitro groups is 1. The first kappa shape index (κ1) is 14.6. The van der Waals surface area contributed by atoms with Crippen LogP contribution in [-0.4, -0.2) is 27.5 Å². The van der Waals surface area contributed by atoms with Gasteiger partial charge in [0.15, 0.2) is 0 Å². The molecule has 0 unspecified atom stereocenters. The topological polar surface area (TPSA) is 68.1 Å². The number of pyridine rings is 1. The van der Waals surface area contributed by atoms with E-state index < -0.39 is 4.92 Å². The lowest BCUT2D eigenvalue weighted by atomic mass is 9.84. The molecule has 1 heterocycles. The molecule has 1 fully saturated rings. The van der Waals surface area contributed by atoms with Gasteiger partial charge in [-0.1, -0.05) is 6.42 Å². The maximum Gasteiger partial charge on any atom is 0.291 e. The molecule has 2 rings (SSSR count). The molecule has 19 heavy (non-hydrogen) atoms. The number of halogens is 1. The minimum absolute atomic E-state index is 0.0423. The fraction of sp³-hybridized carbons (Fsp3) is 0.583. The largest absolute Gasteiger partial charge is 0.368 e. The molecule has 1 aliphatic rings. The monoisotopic (exact) mass is 345 g/mol. The van der Waals surface area contributed by atoms with Crippen LogP contribution in [0.1, 0.15) is 24.8 Å². The van der Waals surface area contributed by atoms with Crippen molar-refractivity contribution in [2.24, 2.45) is 0 Å². The maximum atomic E-state index is 10.8. The summed E-state index contributed by atoms with van der Waals surface area (Å²) in [4.78, 5) is 14.6. The van der Waals surface area contributed by atoms with Crippen LogP contribution in [0.5, 0.6) is 0 Å². The smallest absolute Gasteiger partial charge is 0.291 e. The molecular formula is C12H16BrN3O2S. The summed E-state index contributed by atoms with van der Waals surface area (Å²) in [5, 5.41) is 14.1. The van der Waals surface area contributed by atoms with E-state index in [2.05, 4.69) is 32.5 Å². The molecule has 1 N–H and O–H groups in total. The Morgan fingerprint density at radius 3 is 2.79 bits per heavy atom. The summed E-state index contributed by atoms with van der Waals surface area (Å²) in [5.41, 5.74) is 0.648. The van der Waals surface area contributed by atoms with E-state index in [0.717, 1.165) is 6.54 Å². The van der Waals surface area contributed by atoms with E-state index in [-0.39, 0.29) is 5.69 Å². The fourth-order valence-electron chi connectivity index (χ4n) is 2.15. The molecule has 104 valence electrons. The van der Waals surface area contributed by atoms with Crippen molar-refractivity contribution in [3.05, 3.63) is 26.3 Å². The molecule has 0 spiro atoms. The second-order valence-electron chi connectivity index (χ2n) is 4.78. The first-order valence-corrected chi connectivity index (χ1v) is 8.09. The van der Waals surface area contributed by atoms with Crippen LogP contribution >= 0.6 is 27.7 Å². The van der Waals surface area contributed by atoms with Gasteiger partial charge in [0.1, 0.15) is 12.0 Å². The number of nitrogens with zero attached hydrogens (tertiary/aromatic N) is 2. The lowest BCUT2D eigenvalue weighted by molar-refractivity contribution is -0.385. The first-order chi connectivity index (χ1) is 8.99. The molecule has 0 aliphatic heterocycles. The third kappa shape index (κ3) is 2.86. The lowest BCUT2D eigenvalue weighted by Gasteiger charge is -2.40. The van der Waals surface area contributed by atoms with E-state index in [9.17, 15) is 10.1 Å². The summed E-state index contributed by atoms with van der Waals surface area (Å²) >= 11 is 5.28. The zero-order valence-corrected chi connectivity index (χ0v) is 13.3. The number of aromatic nitrogens is 1. The number of hydrogen-bond acceptors (Lipinski definition) is 5. The highest BCUT2D eigenvalue weighted by molar-refractivity contribution is 9.10. The highest BCUT2D eigenvalue weighted by atomic mass is 79.9. The Morgan fingerprint density at radius 1 is 1.63 bits per heavy atom. The summed E-state index contributed by atoms with van der Waals surface area (Å²) in [6.07, 6.45) is 7.14. The predicted octanol–water partition coefficient (Wildman–Crippen LogP) is 3.76. The van der Waals surface area contributed by atoms with E-state index in [1.165, 1.54) is 25.5 Å². The predicted molar refractivity (Wildman–Crippen MR) is 81.9 cm³/mol. The van der Waals surface area contributed by atoms with Gasteiger partial charge in [0.25, 0.3) is 5.69 Å². The van der Waals surface area contributed by atoms with E-state index in [4.69, 9.17) is 0 Å². The molecule has 0 atom stereocenters. The Morgan fingerprint density at radius 2 is 2.32 bits per heavy atom. The van der Waals surface area contributed by atoms with Crippen LogP contribution in [0.4, 0.5) is 11.5 Å². The summed E-state index contributed by atoms with van der Waals surface area (Å²) in [5.74, 6) is 0.684. The molecule has 1 saturated carbocycles. The van der Waals surface area contributed by atoms with E-state index in [0.29, 0.717) is 20.6 Å². The number of hydrogen-bond donors (Lipinski definition) is 1. The third-order valence-corrected chi connectivity index (χ3v) is 6.10. The Labute approximate surface area is 124 Å². The molecule has 5 nitrogen and oxygen atoms in total. The van der Waals surface area contributed by atoms with Gasteiger partial charge in [-0.15, -0.1) is 0 Å². The molecule has 1 aromatic heterocycles.